The van der Waals surface area contributed by atoms with E-state index < -0.39 is 24.5 Å². The number of fused-ring (bicyclic) bond motifs is 2. The molecule has 42 heavy (non-hydrogen) atoms. The zero-order valence-electron chi connectivity index (χ0n) is 24.7. The Kier molecular flexibility index (Phi) is 7.69. The maximum atomic E-state index is 10.9. The van der Waals surface area contributed by atoms with Gasteiger partial charge in [-0.1, -0.05) is 26.8 Å². The van der Waals surface area contributed by atoms with Crippen molar-refractivity contribution < 1.29 is 20.1 Å². The number of rotatable bonds is 9. The molecular weight excluding hydrogens is 536 g/mol. The Bertz CT molecular complexity index is 1540. The van der Waals surface area contributed by atoms with Crippen molar-refractivity contribution in [1.29, 1.82) is 0 Å². The summed E-state index contributed by atoms with van der Waals surface area (Å²) in [6, 6.07) is 6.61. The van der Waals surface area contributed by atoms with Crippen molar-refractivity contribution in [3.63, 3.8) is 0 Å². The number of hydrogen-bond acceptors (Lipinski definition) is 10. The first-order valence-corrected chi connectivity index (χ1v) is 14.8. The van der Waals surface area contributed by atoms with Crippen LogP contribution in [-0.4, -0.2) is 93.3 Å². The lowest BCUT2D eigenvalue weighted by molar-refractivity contribution is -0.0677. The molecule has 12 nitrogen and oxygen atoms in total. The van der Waals surface area contributed by atoms with Gasteiger partial charge in [-0.15, -0.1) is 0 Å². The standard InChI is InChI=1S/C30H42N8O4/c1-16(13-39)37(12-22-25(40)26(41)29(42-22)38-15-34-24-27(31)32-14-33-28(24)38)19-9-17(10-19)5-8-23-35-20-7-6-18(30(2,3)4)11-21(20)36-23/h6-7,11,14-17,19,22,25-26,29,39-41H,5,8-10,12-13H2,1-4H3,(H,35,36)(H2,31,32,33). The molecule has 0 amide bonds. The van der Waals surface area contributed by atoms with Crippen molar-refractivity contribution in [3.8, 4) is 0 Å². The molecule has 0 spiro atoms. The molecule has 6 N–H and O–H groups in total. The van der Waals surface area contributed by atoms with Gasteiger partial charge in [-0.2, -0.15) is 0 Å². The molecule has 1 saturated carbocycles. The van der Waals surface area contributed by atoms with Gasteiger partial charge >= 0.3 is 0 Å². The Morgan fingerprint density at radius 1 is 1.17 bits per heavy atom. The summed E-state index contributed by atoms with van der Waals surface area (Å²) in [6.45, 7) is 9.00. The summed E-state index contributed by atoms with van der Waals surface area (Å²) in [5, 5.41) is 31.9. The van der Waals surface area contributed by atoms with Crippen LogP contribution in [-0.2, 0) is 16.6 Å². The van der Waals surface area contributed by atoms with E-state index in [1.54, 1.807) is 4.57 Å². The third-order valence-electron chi connectivity index (χ3n) is 9.09. The number of aryl methyl sites for hydroxylation is 1. The molecule has 12 heteroatoms. The van der Waals surface area contributed by atoms with Crippen molar-refractivity contribution in [2.75, 3.05) is 18.9 Å². The lowest BCUT2D eigenvalue weighted by atomic mass is 9.76. The fraction of sp³-hybridized carbons (Fsp3) is 0.600. The van der Waals surface area contributed by atoms with E-state index in [2.05, 4.69) is 63.8 Å². The number of nitrogens with one attached hydrogen (secondary N) is 1. The van der Waals surface area contributed by atoms with Gasteiger partial charge in [0.1, 0.15) is 36.0 Å². The Morgan fingerprint density at radius 2 is 1.95 bits per heavy atom. The van der Waals surface area contributed by atoms with Crippen LogP contribution in [0.4, 0.5) is 5.82 Å². The number of ether oxygens (including phenoxy) is 1. The molecule has 2 aliphatic rings. The van der Waals surface area contributed by atoms with Crippen LogP contribution in [0.2, 0.25) is 0 Å². The minimum absolute atomic E-state index is 0.00609. The van der Waals surface area contributed by atoms with E-state index in [9.17, 15) is 15.3 Å². The van der Waals surface area contributed by atoms with Crippen LogP contribution < -0.4 is 5.73 Å². The lowest BCUT2D eigenvalue weighted by Gasteiger charge is -2.46. The summed E-state index contributed by atoms with van der Waals surface area (Å²) < 4.78 is 7.78. The van der Waals surface area contributed by atoms with Crippen molar-refractivity contribution in [2.24, 2.45) is 5.92 Å². The second-order valence-electron chi connectivity index (χ2n) is 13.1. The normalized spacial score (nSPS) is 27.2. The summed E-state index contributed by atoms with van der Waals surface area (Å²) in [5.74, 6) is 1.81. The number of aliphatic hydroxyl groups is 3. The van der Waals surface area contributed by atoms with Gasteiger partial charge in [0.25, 0.3) is 0 Å². The maximum absolute atomic E-state index is 10.9. The fourth-order valence-corrected chi connectivity index (χ4v) is 6.36. The van der Waals surface area contributed by atoms with Crippen molar-refractivity contribution in [3.05, 3.63) is 42.2 Å². The number of H-pyrrole nitrogens is 1. The van der Waals surface area contributed by atoms with E-state index in [1.807, 2.05) is 6.92 Å². The molecule has 5 atom stereocenters. The number of aromatic nitrogens is 6. The molecular formula is C30H42N8O4. The minimum Gasteiger partial charge on any atom is -0.395 e. The number of aliphatic hydroxyl groups excluding tert-OH is 3. The third kappa shape index (κ3) is 5.37. The number of imidazole rings is 2. The molecule has 5 unspecified atom stereocenters. The van der Waals surface area contributed by atoms with Gasteiger partial charge in [0.2, 0.25) is 0 Å². The van der Waals surface area contributed by atoms with Gasteiger partial charge in [0, 0.05) is 25.0 Å². The number of aromatic amines is 1. The topological polar surface area (TPSA) is 171 Å². The van der Waals surface area contributed by atoms with E-state index in [0.29, 0.717) is 23.6 Å². The third-order valence-corrected chi connectivity index (χ3v) is 9.09. The van der Waals surface area contributed by atoms with Gasteiger partial charge in [-0.25, -0.2) is 19.9 Å². The molecule has 1 aromatic carbocycles. The smallest absolute Gasteiger partial charge is 0.167 e. The molecule has 1 aliphatic carbocycles. The first kappa shape index (κ1) is 28.9. The zero-order chi connectivity index (χ0) is 29.8. The summed E-state index contributed by atoms with van der Waals surface area (Å²) in [6.07, 6.45) is 2.94. The average molecular weight is 579 g/mol. The first-order valence-electron chi connectivity index (χ1n) is 14.8. The zero-order valence-corrected chi connectivity index (χ0v) is 24.7. The quantitative estimate of drug-likeness (QED) is 0.198. The van der Waals surface area contributed by atoms with Gasteiger partial charge in [0.05, 0.1) is 24.0 Å². The Hall–Kier alpha value is -3.16. The summed E-state index contributed by atoms with van der Waals surface area (Å²) >= 11 is 0. The second kappa shape index (κ2) is 11.2. The van der Waals surface area contributed by atoms with Crippen LogP contribution in [0.1, 0.15) is 64.6 Å². The first-order chi connectivity index (χ1) is 20.0. The van der Waals surface area contributed by atoms with Crippen LogP contribution >= 0.6 is 0 Å². The van der Waals surface area contributed by atoms with Gasteiger partial charge in [-0.05, 0) is 55.2 Å². The molecule has 6 rings (SSSR count). The van der Waals surface area contributed by atoms with Gasteiger partial charge < -0.3 is 30.8 Å². The second-order valence-corrected chi connectivity index (χ2v) is 13.1. The van der Waals surface area contributed by atoms with Crippen LogP contribution in [0.5, 0.6) is 0 Å². The van der Waals surface area contributed by atoms with Crippen LogP contribution in [0.25, 0.3) is 22.2 Å². The average Bonchev–Trinajstić information content (AvgIpc) is 3.62. The number of nitrogen functional groups attached to an aromatic ring is 1. The van der Waals surface area contributed by atoms with E-state index >= 15 is 0 Å². The highest BCUT2D eigenvalue weighted by atomic mass is 16.6. The number of nitrogens with zero attached hydrogens (tertiary/aromatic N) is 6. The summed E-state index contributed by atoms with van der Waals surface area (Å²) in [4.78, 5) is 23.0. The van der Waals surface area contributed by atoms with E-state index in [1.165, 1.54) is 18.2 Å². The van der Waals surface area contributed by atoms with E-state index in [-0.39, 0.29) is 29.9 Å². The Balaban J connectivity index is 1.07. The number of nitrogens with two attached hydrogens (primary N) is 1. The monoisotopic (exact) mass is 578 g/mol. The molecule has 4 aromatic rings. The molecule has 0 radical (unpaired) electrons. The fourth-order valence-electron chi connectivity index (χ4n) is 6.36. The number of hydrogen-bond donors (Lipinski definition) is 5. The van der Waals surface area contributed by atoms with Crippen LogP contribution in [0, 0.1) is 5.92 Å². The molecule has 0 bridgehead atoms. The van der Waals surface area contributed by atoms with E-state index in [4.69, 9.17) is 15.5 Å². The van der Waals surface area contributed by atoms with E-state index in [0.717, 1.165) is 42.5 Å². The van der Waals surface area contributed by atoms with Gasteiger partial charge in [0.15, 0.2) is 17.7 Å². The molecule has 2 fully saturated rings. The molecule has 1 aliphatic heterocycles. The van der Waals surface area contributed by atoms with Crippen molar-refractivity contribution in [2.45, 2.75) is 95.4 Å². The molecule has 1 saturated heterocycles. The predicted molar refractivity (Wildman–Crippen MR) is 159 cm³/mol. The number of anilines is 1. The van der Waals surface area contributed by atoms with Gasteiger partial charge in [-0.3, -0.25) is 9.47 Å². The van der Waals surface area contributed by atoms with Crippen LogP contribution in [0.15, 0.2) is 30.9 Å². The predicted octanol–water partition coefficient (Wildman–Crippen LogP) is 2.30. The Morgan fingerprint density at radius 3 is 2.69 bits per heavy atom. The molecule has 3 aromatic heterocycles. The van der Waals surface area contributed by atoms with Crippen LogP contribution in [0.3, 0.4) is 0 Å². The molecule has 226 valence electrons. The highest BCUT2D eigenvalue weighted by Crippen LogP contribution is 2.38. The summed E-state index contributed by atoms with van der Waals surface area (Å²) in [5.41, 5.74) is 10.2. The number of benzene rings is 1. The highest BCUT2D eigenvalue weighted by Gasteiger charge is 2.47. The van der Waals surface area contributed by atoms with Crippen molar-refractivity contribution in [1.82, 2.24) is 34.4 Å². The van der Waals surface area contributed by atoms with Crippen molar-refractivity contribution >= 4 is 28.0 Å². The maximum Gasteiger partial charge on any atom is 0.167 e. The Labute approximate surface area is 245 Å². The highest BCUT2D eigenvalue weighted by molar-refractivity contribution is 5.81. The minimum atomic E-state index is -1.17. The summed E-state index contributed by atoms with van der Waals surface area (Å²) in [7, 11) is 0. The SMILES string of the molecule is CC(CO)N(CC1OC(n2cnc3c(N)ncnc32)C(O)C1O)C1CC(CCc2nc3ccc(C(C)(C)C)cc3[nH]2)C1. The largest absolute Gasteiger partial charge is 0.395 e. The lowest BCUT2D eigenvalue weighted by Crippen LogP contribution is -2.54. The molecule has 4 heterocycles.